The van der Waals surface area contributed by atoms with Crippen LogP contribution in [0, 0.1) is 57.7 Å². The molecule has 7 nitrogen and oxygen atoms in total. The van der Waals surface area contributed by atoms with Crippen LogP contribution < -0.4 is 4.90 Å². The summed E-state index contributed by atoms with van der Waals surface area (Å²) in [5.74, 6) is -0.642. The van der Waals surface area contributed by atoms with Gasteiger partial charge in [-0.05, 0) is 68.6 Å². The Hall–Kier alpha value is -3.45. The molecule has 0 N–H and O–H groups in total. The predicted octanol–water partition coefficient (Wildman–Crippen LogP) is 5.03. The molecule has 3 fully saturated rings. The zero-order chi connectivity index (χ0) is 26.6. The SMILES string of the molecule is Cc1ccc(N2C3CCCC2N2C(=O)C4(C#N)C5CCCC4C(C#N)(C2=N3)C2=C5C(=O)CC(C)(C)C2)cc1. The number of Topliss-reactive ketones (excluding diaryl/α,β-unsaturated/α-hetero) is 1. The van der Waals surface area contributed by atoms with E-state index in [1.165, 1.54) is 0 Å². The van der Waals surface area contributed by atoms with Crippen molar-refractivity contribution in [1.82, 2.24) is 4.90 Å². The van der Waals surface area contributed by atoms with Crippen molar-refractivity contribution in [3.8, 4) is 12.1 Å². The minimum Gasteiger partial charge on any atom is -0.328 e. The zero-order valence-electron chi connectivity index (χ0n) is 22.3. The Morgan fingerprint density at radius 2 is 1.71 bits per heavy atom. The molecule has 0 aromatic heterocycles. The van der Waals surface area contributed by atoms with E-state index in [9.17, 15) is 20.1 Å². The number of fused-ring (bicyclic) bond motifs is 7. The second-order valence-electron chi connectivity index (χ2n) is 13.0. The maximum Gasteiger partial charge on any atom is 0.251 e. The van der Waals surface area contributed by atoms with E-state index in [4.69, 9.17) is 4.99 Å². The number of amides is 1. The van der Waals surface area contributed by atoms with Gasteiger partial charge in [0.1, 0.15) is 29.0 Å². The van der Waals surface area contributed by atoms with E-state index in [0.29, 0.717) is 37.1 Å². The first-order chi connectivity index (χ1) is 18.2. The number of carbonyl (C=O) groups is 2. The second kappa shape index (κ2) is 7.56. The summed E-state index contributed by atoms with van der Waals surface area (Å²) in [5, 5.41) is 22.1. The average molecular weight is 508 g/mol. The van der Waals surface area contributed by atoms with Crippen LogP contribution in [0.3, 0.4) is 0 Å². The number of piperidine rings is 2. The van der Waals surface area contributed by atoms with Crippen LogP contribution >= 0.6 is 0 Å². The normalized spacial score (nSPS) is 38.5. The number of nitriles is 2. The van der Waals surface area contributed by atoms with E-state index in [2.05, 4.69) is 62.1 Å². The summed E-state index contributed by atoms with van der Waals surface area (Å²) in [7, 11) is 0. The molecule has 2 saturated heterocycles. The molecule has 38 heavy (non-hydrogen) atoms. The number of ketones is 1. The highest BCUT2D eigenvalue weighted by Gasteiger charge is 2.76. The molecule has 6 atom stereocenters. The Kier molecular flexibility index (Phi) is 4.71. The first kappa shape index (κ1) is 23.7. The van der Waals surface area contributed by atoms with E-state index in [1.54, 1.807) is 4.90 Å². The number of amidine groups is 1. The van der Waals surface area contributed by atoms with E-state index in [-0.39, 0.29) is 29.4 Å². The molecular formula is C31H33N5O2. The number of benzene rings is 1. The van der Waals surface area contributed by atoms with Crippen LogP contribution in [0.2, 0.25) is 0 Å². The third-order valence-corrected chi connectivity index (χ3v) is 10.3. The van der Waals surface area contributed by atoms with Crippen molar-refractivity contribution in [2.24, 2.45) is 33.1 Å². The van der Waals surface area contributed by atoms with Gasteiger partial charge in [0, 0.05) is 29.5 Å². The maximum absolute atomic E-state index is 14.8. The molecule has 194 valence electrons. The number of hydrogen-bond donors (Lipinski definition) is 0. The van der Waals surface area contributed by atoms with Gasteiger partial charge in [-0.1, -0.05) is 38.0 Å². The molecule has 0 radical (unpaired) electrons. The van der Waals surface area contributed by atoms with Gasteiger partial charge in [0.05, 0.1) is 12.1 Å². The summed E-state index contributed by atoms with van der Waals surface area (Å²) in [6.07, 6.45) is 5.09. The molecule has 1 amide bonds. The molecule has 7 rings (SSSR count). The van der Waals surface area contributed by atoms with Crippen LogP contribution in [0.5, 0.6) is 0 Å². The lowest BCUT2D eigenvalue weighted by molar-refractivity contribution is -0.154. The Labute approximate surface area is 223 Å². The fourth-order valence-corrected chi connectivity index (χ4v) is 8.91. The van der Waals surface area contributed by atoms with Crippen molar-refractivity contribution < 1.29 is 9.59 Å². The number of anilines is 1. The van der Waals surface area contributed by atoms with Gasteiger partial charge in [-0.15, -0.1) is 0 Å². The molecule has 0 spiro atoms. The molecule has 6 unspecified atom stereocenters. The number of aliphatic imine (C=N–C) groups is 1. The Bertz CT molecular complexity index is 1430. The molecule has 1 saturated carbocycles. The van der Waals surface area contributed by atoms with Crippen molar-refractivity contribution >= 4 is 23.2 Å². The van der Waals surface area contributed by atoms with E-state index < -0.39 is 22.7 Å². The lowest BCUT2D eigenvalue weighted by Crippen LogP contribution is -2.77. The monoisotopic (exact) mass is 507 g/mol. The van der Waals surface area contributed by atoms with Crippen molar-refractivity contribution in [1.29, 1.82) is 10.5 Å². The van der Waals surface area contributed by atoms with E-state index >= 15 is 0 Å². The minimum absolute atomic E-state index is 0.0139. The summed E-state index contributed by atoms with van der Waals surface area (Å²) in [4.78, 5) is 37.8. The molecule has 1 aromatic rings. The number of aryl methyl sites for hydroxylation is 1. The van der Waals surface area contributed by atoms with Crippen LogP contribution in [0.1, 0.15) is 70.8 Å². The Morgan fingerprint density at radius 1 is 0.974 bits per heavy atom. The molecule has 3 heterocycles. The van der Waals surface area contributed by atoms with Crippen molar-refractivity contribution in [2.75, 3.05) is 4.90 Å². The fourth-order valence-electron chi connectivity index (χ4n) is 8.91. The Balaban J connectivity index is 1.53. The summed E-state index contributed by atoms with van der Waals surface area (Å²) >= 11 is 0. The van der Waals surface area contributed by atoms with E-state index in [1.807, 2.05) is 0 Å². The number of allylic oxidation sites excluding steroid dienone is 1. The highest BCUT2D eigenvalue weighted by molar-refractivity contribution is 6.15. The second-order valence-corrected chi connectivity index (χ2v) is 13.0. The highest BCUT2D eigenvalue weighted by Crippen LogP contribution is 2.69. The van der Waals surface area contributed by atoms with E-state index in [0.717, 1.165) is 42.5 Å². The third-order valence-electron chi connectivity index (χ3n) is 10.3. The molecule has 3 aliphatic carbocycles. The van der Waals surface area contributed by atoms with Gasteiger partial charge in [-0.2, -0.15) is 10.5 Å². The first-order valence-electron chi connectivity index (χ1n) is 14.1. The lowest BCUT2D eigenvalue weighted by atomic mass is 9.40. The standard InChI is InChI=1S/C31H33N5O2/c1-18-10-12-19(13-11-18)35-24-8-5-9-25(35)36-27(34-24)30(16-32)21-14-29(2,3)15-22(37)26(21)20-6-4-7-23(30)31(20,17-33)28(36)38/h10-13,20,23-25H,4-9,14-15H2,1-3H3. The lowest BCUT2D eigenvalue weighted by Gasteiger charge is -2.65. The topological polar surface area (TPSA) is 101 Å². The Morgan fingerprint density at radius 3 is 2.42 bits per heavy atom. The molecule has 7 heteroatoms. The molecule has 3 aliphatic heterocycles. The van der Waals surface area contributed by atoms with Crippen molar-refractivity contribution in [2.45, 2.75) is 84.5 Å². The van der Waals surface area contributed by atoms with Crippen LogP contribution in [0.15, 0.2) is 40.4 Å². The molecule has 6 bridgehead atoms. The van der Waals surface area contributed by atoms with Gasteiger partial charge in [-0.3, -0.25) is 14.5 Å². The third kappa shape index (κ3) is 2.65. The van der Waals surface area contributed by atoms with Gasteiger partial charge in [0.15, 0.2) is 5.78 Å². The van der Waals surface area contributed by atoms with Crippen LogP contribution in [-0.4, -0.2) is 34.8 Å². The predicted molar refractivity (Wildman–Crippen MR) is 141 cm³/mol. The van der Waals surface area contributed by atoms with Crippen LogP contribution in [0.25, 0.3) is 0 Å². The number of hydrogen-bond acceptors (Lipinski definition) is 6. The van der Waals surface area contributed by atoms with Crippen LogP contribution in [0.4, 0.5) is 5.69 Å². The zero-order valence-corrected chi connectivity index (χ0v) is 22.3. The summed E-state index contributed by atoms with van der Waals surface area (Å²) in [6, 6.07) is 13.5. The van der Waals surface area contributed by atoms with Gasteiger partial charge in [-0.25, -0.2) is 4.99 Å². The summed E-state index contributed by atoms with van der Waals surface area (Å²) in [5.41, 5.74) is 0.717. The minimum atomic E-state index is -1.41. The van der Waals surface area contributed by atoms with Crippen molar-refractivity contribution in [3.05, 3.63) is 41.0 Å². The quantitative estimate of drug-likeness (QED) is 0.531. The first-order valence-corrected chi connectivity index (χ1v) is 14.1. The van der Waals surface area contributed by atoms with Gasteiger partial charge in [0.25, 0.3) is 5.91 Å². The number of nitrogens with zero attached hydrogens (tertiary/aromatic N) is 5. The highest BCUT2D eigenvalue weighted by atomic mass is 16.2. The summed E-state index contributed by atoms with van der Waals surface area (Å²) < 4.78 is 0. The molecule has 6 aliphatic rings. The number of rotatable bonds is 1. The molecular weight excluding hydrogens is 474 g/mol. The largest absolute Gasteiger partial charge is 0.328 e. The summed E-state index contributed by atoms with van der Waals surface area (Å²) in [6.45, 7) is 6.23. The maximum atomic E-state index is 14.8. The van der Waals surface area contributed by atoms with Gasteiger partial charge >= 0.3 is 0 Å². The number of carbonyl (C=O) groups excluding carboxylic acids is 2. The van der Waals surface area contributed by atoms with Crippen molar-refractivity contribution in [3.63, 3.8) is 0 Å². The van der Waals surface area contributed by atoms with Gasteiger partial charge in [0.2, 0.25) is 0 Å². The fraction of sp³-hybridized carbons (Fsp3) is 0.581. The smallest absolute Gasteiger partial charge is 0.251 e. The van der Waals surface area contributed by atoms with Gasteiger partial charge < -0.3 is 4.90 Å². The van der Waals surface area contributed by atoms with Crippen LogP contribution in [-0.2, 0) is 9.59 Å². The average Bonchev–Trinajstić information content (AvgIpc) is 2.87. The molecule has 1 aromatic carbocycles.